The number of hydrogen-bond acceptors (Lipinski definition) is 5. The van der Waals surface area contributed by atoms with Crippen LogP contribution in [0.3, 0.4) is 0 Å². The van der Waals surface area contributed by atoms with Crippen molar-refractivity contribution in [1.29, 1.82) is 0 Å². The lowest BCUT2D eigenvalue weighted by atomic mass is 9.95. The largest absolute Gasteiger partial charge is 0.480 e. The van der Waals surface area contributed by atoms with Crippen molar-refractivity contribution in [2.45, 2.75) is 44.9 Å². The Bertz CT molecular complexity index is 699. The van der Waals surface area contributed by atoms with Crippen molar-refractivity contribution in [2.24, 2.45) is 10.8 Å². The van der Waals surface area contributed by atoms with Crippen molar-refractivity contribution < 1.29 is 28.9 Å². The average molecular weight is 332 g/mol. The minimum absolute atomic E-state index is 0.167. The van der Waals surface area contributed by atoms with Gasteiger partial charge in [-0.25, -0.2) is 0 Å². The zero-order chi connectivity index (χ0) is 17.2. The Morgan fingerprint density at radius 3 is 2.67 bits per heavy atom. The average Bonchev–Trinajstić information content (AvgIpc) is 3.05. The van der Waals surface area contributed by atoms with E-state index in [0.29, 0.717) is 6.61 Å². The van der Waals surface area contributed by atoms with Gasteiger partial charge < -0.3 is 19.3 Å². The minimum atomic E-state index is -1.42. The maximum Gasteiger partial charge on any atom is 0.318 e. The molecule has 0 spiro atoms. The van der Waals surface area contributed by atoms with Crippen molar-refractivity contribution in [3.8, 4) is 0 Å². The second-order valence-electron chi connectivity index (χ2n) is 7.36. The Morgan fingerprint density at radius 1 is 1.29 bits per heavy atom. The van der Waals surface area contributed by atoms with Crippen LogP contribution in [0.25, 0.3) is 0 Å². The van der Waals surface area contributed by atoms with Gasteiger partial charge in [0.15, 0.2) is 11.6 Å². The van der Waals surface area contributed by atoms with Crippen LogP contribution in [0.5, 0.6) is 0 Å². The van der Waals surface area contributed by atoms with E-state index < -0.39 is 34.8 Å². The molecule has 4 atom stereocenters. The summed E-state index contributed by atoms with van der Waals surface area (Å²) in [4.78, 5) is 24.5. The maximum absolute atomic E-state index is 12.7. The van der Waals surface area contributed by atoms with E-state index in [1.807, 2.05) is 30.3 Å². The molecule has 1 saturated heterocycles. The summed E-state index contributed by atoms with van der Waals surface area (Å²) in [6.07, 6.45) is -1.12. The van der Waals surface area contributed by atoms with E-state index >= 15 is 0 Å². The van der Waals surface area contributed by atoms with Gasteiger partial charge in [-0.05, 0) is 25.8 Å². The van der Waals surface area contributed by atoms with Crippen LogP contribution >= 0.6 is 0 Å². The number of benzene rings is 1. The van der Waals surface area contributed by atoms with Gasteiger partial charge in [-0.3, -0.25) is 9.59 Å². The van der Waals surface area contributed by atoms with Crippen molar-refractivity contribution in [3.63, 3.8) is 0 Å². The highest BCUT2D eigenvalue weighted by molar-refractivity contribution is 6.13. The monoisotopic (exact) mass is 332 g/mol. The zero-order valence-corrected chi connectivity index (χ0v) is 13.7. The molecule has 6 heteroatoms. The molecular formula is C18H20O6. The predicted octanol–water partition coefficient (Wildman–Crippen LogP) is 1.77. The fraction of sp³-hybridized carbons (Fsp3) is 0.556. The quantitative estimate of drug-likeness (QED) is 0.828. The van der Waals surface area contributed by atoms with Crippen molar-refractivity contribution in [1.82, 2.24) is 0 Å². The van der Waals surface area contributed by atoms with Gasteiger partial charge in [0.05, 0.1) is 13.2 Å². The van der Waals surface area contributed by atoms with Gasteiger partial charge in [-0.2, -0.15) is 0 Å². The normalized spacial score (nSPS) is 38.7. The zero-order valence-electron chi connectivity index (χ0n) is 13.7. The Morgan fingerprint density at radius 2 is 2.00 bits per heavy atom. The molecule has 1 aromatic rings. The van der Waals surface area contributed by atoms with Gasteiger partial charge in [-0.1, -0.05) is 30.3 Å². The number of rotatable bonds is 5. The molecule has 0 unspecified atom stereocenters. The molecule has 0 bridgehead atoms. The van der Waals surface area contributed by atoms with Gasteiger partial charge in [0.1, 0.15) is 17.6 Å². The number of ether oxygens (including phenoxy) is 3. The molecule has 1 heterocycles. The van der Waals surface area contributed by atoms with Crippen LogP contribution in [0.15, 0.2) is 30.3 Å². The summed E-state index contributed by atoms with van der Waals surface area (Å²) in [6.45, 7) is 4.01. The van der Waals surface area contributed by atoms with Crippen LogP contribution in [0, 0.1) is 10.8 Å². The summed E-state index contributed by atoms with van der Waals surface area (Å²) < 4.78 is 17.3. The second-order valence-corrected chi connectivity index (χ2v) is 7.36. The van der Waals surface area contributed by atoms with E-state index in [-0.39, 0.29) is 18.8 Å². The summed E-state index contributed by atoms with van der Waals surface area (Å²) in [6, 6.07) is 9.64. The van der Waals surface area contributed by atoms with E-state index in [9.17, 15) is 14.7 Å². The van der Waals surface area contributed by atoms with Crippen molar-refractivity contribution >= 4 is 11.8 Å². The molecule has 4 rings (SSSR count). The molecule has 2 saturated carbocycles. The Hall–Kier alpha value is -1.76. The summed E-state index contributed by atoms with van der Waals surface area (Å²) in [5.41, 5.74) is -1.25. The molecular weight excluding hydrogens is 312 g/mol. The third-order valence-electron chi connectivity index (χ3n) is 5.46. The molecule has 0 amide bonds. The first-order valence-electron chi connectivity index (χ1n) is 8.07. The highest BCUT2D eigenvalue weighted by atomic mass is 16.8. The Labute approximate surface area is 139 Å². The highest BCUT2D eigenvalue weighted by Gasteiger charge is 2.88. The topological polar surface area (TPSA) is 82.1 Å². The van der Waals surface area contributed by atoms with Crippen LogP contribution in [0.4, 0.5) is 0 Å². The summed E-state index contributed by atoms with van der Waals surface area (Å²) >= 11 is 0. The fourth-order valence-electron chi connectivity index (χ4n) is 4.28. The van der Waals surface area contributed by atoms with Gasteiger partial charge >= 0.3 is 5.97 Å². The smallest absolute Gasteiger partial charge is 0.318 e. The summed E-state index contributed by atoms with van der Waals surface area (Å²) in [7, 11) is 0. The number of fused-ring (bicyclic) bond motifs is 3. The van der Waals surface area contributed by atoms with E-state index in [4.69, 9.17) is 14.2 Å². The first-order chi connectivity index (χ1) is 11.3. The SMILES string of the molecule is CC1(C)O[C@H]2C(=O)[C@]3(C(=O)O)C[C@]3(COCc3ccccc3)[C@H]2O1. The lowest BCUT2D eigenvalue weighted by molar-refractivity contribution is -0.175. The van der Waals surface area contributed by atoms with E-state index in [2.05, 4.69) is 0 Å². The van der Waals surface area contributed by atoms with E-state index in [1.54, 1.807) is 13.8 Å². The van der Waals surface area contributed by atoms with Gasteiger partial charge in [0, 0.05) is 5.41 Å². The van der Waals surface area contributed by atoms with Crippen LogP contribution < -0.4 is 0 Å². The first kappa shape index (κ1) is 15.7. The minimum Gasteiger partial charge on any atom is -0.480 e. The van der Waals surface area contributed by atoms with Crippen molar-refractivity contribution in [3.05, 3.63) is 35.9 Å². The number of carboxylic acids is 1. The van der Waals surface area contributed by atoms with E-state index in [0.717, 1.165) is 5.56 Å². The van der Waals surface area contributed by atoms with Gasteiger partial charge in [0.2, 0.25) is 0 Å². The fourth-order valence-corrected chi connectivity index (χ4v) is 4.28. The molecule has 128 valence electrons. The maximum atomic E-state index is 12.7. The molecule has 1 aromatic carbocycles. The highest BCUT2D eigenvalue weighted by Crippen LogP contribution is 2.74. The Balaban J connectivity index is 1.55. The molecule has 1 N–H and O–H groups in total. The number of aliphatic carboxylic acids is 1. The van der Waals surface area contributed by atoms with Crippen LogP contribution in [0.1, 0.15) is 25.8 Å². The molecule has 0 radical (unpaired) electrons. The number of carboxylic acid groups (broad SMARTS) is 1. The number of carbonyl (C=O) groups is 2. The molecule has 6 nitrogen and oxygen atoms in total. The number of Topliss-reactive ketones (excluding diaryl/α,β-unsaturated/α-hetero) is 1. The third kappa shape index (κ3) is 1.93. The second kappa shape index (κ2) is 4.88. The van der Waals surface area contributed by atoms with Crippen LogP contribution in [-0.4, -0.2) is 41.5 Å². The lowest BCUT2D eigenvalue weighted by Crippen LogP contribution is -2.35. The molecule has 3 fully saturated rings. The molecule has 2 aliphatic carbocycles. The van der Waals surface area contributed by atoms with Gasteiger partial charge in [0.25, 0.3) is 0 Å². The molecule has 24 heavy (non-hydrogen) atoms. The molecule has 0 aromatic heterocycles. The predicted molar refractivity (Wildman–Crippen MR) is 82.0 cm³/mol. The number of ketones is 1. The summed E-state index contributed by atoms with van der Waals surface area (Å²) in [5.74, 6) is -2.37. The number of carbonyl (C=O) groups excluding carboxylic acids is 1. The summed E-state index contributed by atoms with van der Waals surface area (Å²) in [5, 5.41) is 9.66. The molecule has 1 aliphatic heterocycles. The first-order valence-corrected chi connectivity index (χ1v) is 8.07. The van der Waals surface area contributed by atoms with Crippen LogP contribution in [-0.2, 0) is 30.4 Å². The Kier molecular flexibility index (Phi) is 3.20. The van der Waals surface area contributed by atoms with Crippen molar-refractivity contribution in [2.75, 3.05) is 6.61 Å². The van der Waals surface area contributed by atoms with E-state index in [1.165, 1.54) is 0 Å². The number of hydrogen-bond donors (Lipinski definition) is 1. The van der Waals surface area contributed by atoms with Gasteiger partial charge in [-0.15, -0.1) is 0 Å². The molecule has 3 aliphatic rings. The lowest BCUT2D eigenvalue weighted by Gasteiger charge is -2.24. The van der Waals surface area contributed by atoms with Crippen LogP contribution in [0.2, 0.25) is 0 Å². The third-order valence-corrected chi connectivity index (χ3v) is 5.46. The standard InChI is InChI=1S/C18H20O6/c1-16(2)23-12-13(19)18(15(20)21)9-17(18,14(12)24-16)10-22-8-11-6-4-3-5-7-11/h3-7,12,14H,8-10H2,1-2H3,(H,20,21)/t12-,14-,17-,18-/m0/s1.